The van der Waals surface area contributed by atoms with Crippen LogP contribution in [0.15, 0.2) is 119 Å². The molecule has 0 unspecified atom stereocenters. The van der Waals surface area contributed by atoms with Crippen molar-refractivity contribution < 1.29 is 50.5 Å². The summed E-state index contributed by atoms with van der Waals surface area (Å²) in [5.74, 6) is -1.95. The number of amides is 4. The van der Waals surface area contributed by atoms with Crippen LogP contribution in [0.3, 0.4) is 0 Å². The molecule has 6 aromatic carbocycles. The fourth-order valence-corrected chi connectivity index (χ4v) is 6.33. The van der Waals surface area contributed by atoms with Gasteiger partial charge in [-0.15, -0.1) is 0 Å². The fraction of sp³-hybridized carbons (Fsp3) is 0. The van der Waals surface area contributed by atoms with Gasteiger partial charge < -0.3 is 31.5 Å². The monoisotopic (exact) mass is 838 g/mol. The zero-order chi connectivity index (χ0) is 37.4. The SMILES string of the molecule is O=C(Nc1cccc(C(=O)Nc2ccc3cc(S(=O)(=O)O)cc(O)c3c2)c1)Nc1cccc(C(=O)Nc2ccc3cc(S(=O)(=O)O)cc(O)c3c2)c1.[NaH].[NaH].[NaH].[NaH]. The van der Waals surface area contributed by atoms with Gasteiger partial charge in [-0.2, -0.15) is 16.8 Å². The summed E-state index contributed by atoms with van der Waals surface area (Å²) in [7, 11) is -9.09. The van der Waals surface area contributed by atoms with Crippen LogP contribution < -0.4 is 21.3 Å². The van der Waals surface area contributed by atoms with Gasteiger partial charge in [0, 0.05) is 56.8 Å². The molecule has 6 rings (SSSR count). The Morgan fingerprint density at radius 3 is 1.16 bits per heavy atom. The summed E-state index contributed by atoms with van der Waals surface area (Å²) in [5, 5.41) is 32.2. The third kappa shape index (κ3) is 12.2. The summed E-state index contributed by atoms with van der Waals surface area (Å²) < 4.78 is 64.4. The average Bonchev–Trinajstić information content (AvgIpc) is 3.08. The van der Waals surface area contributed by atoms with Crippen LogP contribution in [0, 0.1) is 0 Å². The second-order valence-corrected chi connectivity index (χ2v) is 14.2. The molecule has 6 aromatic rings. The first kappa shape index (κ1) is 49.6. The number of hydrogen-bond donors (Lipinski definition) is 8. The maximum atomic E-state index is 13.0. The minimum absolute atomic E-state index is 0. The number of benzene rings is 6. The number of phenols is 2. The Kier molecular flexibility index (Phi) is 18.1. The standard InChI is InChI=1S/C35H26N4O11S2.4Na.4H/c40-31-17-27(51(45,46)47)13-19-7-9-25(15-29(19)31)36-33(42)21-3-1-5-23(11-21)38-35(44)39-24-6-2-4-22(12-24)34(43)37-26-10-8-20-14-28(52(48,49)50)18-32(41)30(20)16-26;;;;;;;;/h1-18,40-41H,(H,36,42)(H,37,43)(H2,38,39,44)(H,45,46,47)(H,48,49,50);;;;;;;;. The second-order valence-electron chi connectivity index (χ2n) is 11.4. The van der Waals surface area contributed by atoms with Gasteiger partial charge in [0.2, 0.25) is 0 Å². The molecule has 0 saturated heterocycles. The van der Waals surface area contributed by atoms with Crippen molar-refractivity contribution >= 4 is 201 Å². The van der Waals surface area contributed by atoms with E-state index in [-0.39, 0.29) is 163 Å². The Morgan fingerprint density at radius 2 is 0.804 bits per heavy atom. The first-order valence-electron chi connectivity index (χ1n) is 14.9. The van der Waals surface area contributed by atoms with E-state index in [1.54, 1.807) is 24.3 Å². The number of phenolic OH excluding ortho intramolecular Hbond substituents is 2. The van der Waals surface area contributed by atoms with Crippen LogP contribution in [0.1, 0.15) is 20.7 Å². The van der Waals surface area contributed by atoms with E-state index in [4.69, 9.17) is 0 Å². The van der Waals surface area contributed by atoms with E-state index in [1.807, 2.05) is 0 Å². The van der Waals surface area contributed by atoms with Gasteiger partial charge >= 0.3 is 124 Å². The number of urea groups is 1. The van der Waals surface area contributed by atoms with Crippen molar-refractivity contribution in [2.24, 2.45) is 0 Å². The van der Waals surface area contributed by atoms with Gasteiger partial charge in [-0.1, -0.05) is 24.3 Å². The average molecular weight is 839 g/mol. The van der Waals surface area contributed by atoms with Crippen LogP contribution in [0.4, 0.5) is 27.5 Å². The van der Waals surface area contributed by atoms with E-state index < -0.39 is 59.4 Å². The number of anilines is 4. The van der Waals surface area contributed by atoms with Crippen molar-refractivity contribution in [3.05, 3.63) is 120 Å². The van der Waals surface area contributed by atoms with Crippen molar-refractivity contribution in [3.63, 3.8) is 0 Å². The summed E-state index contributed by atoms with van der Waals surface area (Å²) >= 11 is 0. The number of hydrogen-bond acceptors (Lipinski definition) is 9. The van der Waals surface area contributed by atoms with Crippen molar-refractivity contribution in [3.8, 4) is 11.5 Å². The van der Waals surface area contributed by atoms with E-state index in [0.29, 0.717) is 10.8 Å². The van der Waals surface area contributed by atoms with Crippen LogP contribution in [0.2, 0.25) is 0 Å². The number of nitrogens with one attached hydrogen (secondary N) is 4. The zero-order valence-electron chi connectivity index (χ0n) is 26.4. The molecule has 0 fully saturated rings. The van der Waals surface area contributed by atoms with Gasteiger partial charge in [0.05, 0.1) is 9.79 Å². The Hall–Kier alpha value is -2.53. The van der Waals surface area contributed by atoms with Crippen LogP contribution in [0.25, 0.3) is 21.5 Å². The Labute approximate surface area is 408 Å². The number of aromatic hydroxyl groups is 2. The predicted octanol–water partition coefficient (Wildman–Crippen LogP) is 3.45. The summed E-state index contributed by atoms with van der Waals surface area (Å²) in [6, 6.07) is 24.2. The first-order chi connectivity index (χ1) is 24.5. The van der Waals surface area contributed by atoms with Gasteiger partial charge in [-0.05, 0) is 83.6 Å². The molecular weight excluding hydrogens is 808 g/mol. The minimum atomic E-state index is -4.54. The normalized spacial score (nSPS) is 10.8. The molecule has 0 aromatic heterocycles. The van der Waals surface area contributed by atoms with Crippen LogP contribution in [-0.4, -0.2) is 172 Å². The molecule has 0 spiro atoms. The first-order valence-corrected chi connectivity index (χ1v) is 17.8. The Bertz CT molecular complexity index is 2520. The van der Waals surface area contributed by atoms with E-state index in [0.717, 1.165) is 12.1 Å². The maximum absolute atomic E-state index is 13.0. The number of rotatable bonds is 8. The van der Waals surface area contributed by atoms with Gasteiger partial charge in [0.1, 0.15) is 11.5 Å². The molecule has 0 saturated carbocycles. The summed E-state index contributed by atoms with van der Waals surface area (Å²) in [6.45, 7) is 0. The molecule has 0 atom stereocenters. The molecular formula is C35H30N4Na4O11S2. The van der Waals surface area contributed by atoms with Crippen LogP contribution >= 0.6 is 0 Å². The Balaban J connectivity index is 0.00000271. The quantitative estimate of drug-likeness (QED) is 0.0815. The number of carbonyl (C=O) groups excluding carboxylic acids is 3. The van der Waals surface area contributed by atoms with Crippen LogP contribution in [-0.2, 0) is 20.2 Å². The molecule has 56 heavy (non-hydrogen) atoms. The van der Waals surface area contributed by atoms with Gasteiger partial charge in [0.25, 0.3) is 32.1 Å². The molecule has 4 amide bonds. The summed E-state index contributed by atoms with van der Waals surface area (Å²) in [4.78, 5) is 37.9. The topological polar surface area (TPSA) is 249 Å². The van der Waals surface area contributed by atoms with Gasteiger partial charge in [0.15, 0.2) is 0 Å². The molecule has 0 aliphatic rings. The van der Waals surface area contributed by atoms with E-state index in [9.17, 15) is 50.5 Å². The van der Waals surface area contributed by atoms with E-state index in [1.165, 1.54) is 72.8 Å². The molecule has 0 bridgehead atoms. The predicted molar refractivity (Wildman–Crippen MR) is 221 cm³/mol. The Morgan fingerprint density at radius 1 is 0.446 bits per heavy atom. The van der Waals surface area contributed by atoms with Crippen LogP contribution in [0.5, 0.6) is 11.5 Å². The molecule has 272 valence electrons. The molecule has 0 radical (unpaired) electrons. The summed E-state index contributed by atoms with van der Waals surface area (Å²) in [6.07, 6.45) is 0. The van der Waals surface area contributed by atoms with E-state index >= 15 is 0 Å². The van der Waals surface area contributed by atoms with E-state index in [2.05, 4.69) is 21.3 Å². The number of carbonyl (C=O) groups is 3. The van der Waals surface area contributed by atoms with Crippen molar-refractivity contribution in [1.82, 2.24) is 0 Å². The zero-order valence-corrected chi connectivity index (χ0v) is 28.0. The fourth-order valence-electron chi connectivity index (χ4n) is 5.25. The molecule has 0 aliphatic carbocycles. The third-order valence-corrected chi connectivity index (χ3v) is 9.35. The van der Waals surface area contributed by atoms with Gasteiger partial charge in [-0.3, -0.25) is 18.7 Å². The molecule has 21 heteroatoms. The van der Waals surface area contributed by atoms with Crippen molar-refractivity contribution in [2.75, 3.05) is 21.3 Å². The summed E-state index contributed by atoms with van der Waals surface area (Å²) in [5.41, 5.74) is 1.42. The third-order valence-electron chi connectivity index (χ3n) is 7.69. The molecule has 0 aliphatic heterocycles. The molecule has 15 nitrogen and oxygen atoms in total. The molecule has 0 heterocycles. The van der Waals surface area contributed by atoms with Gasteiger partial charge in [-0.25, -0.2) is 4.79 Å². The van der Waals surface area contributed by atoms with Crippen molar-refractivity contribution in [2.45, 2.75) is 9.79 Å². The van der Waals surface area contributed by atoms with Crippen molar-refractivity contribution in [1.29, 1.82) is 0 Å². The number of fused-ring (bicyclic) bond motifs is 2. The second kappa shape index (κ2) is 20.4. The molecule has 8 N–H and O–H groups in total.